The van der Waals surface area contributed by atoms with Gasteiger partial charge >= 0.3 is 0 Å². The van der Waals surface area contributed by atoms with E-state index in [0.29, 0.717) is 29.6 Å². The van der Waals surface area contributed by atoms with E-state index in [0.717, 1.165) is 18.4 Å². The lowest BCUT2D eigenvalue weighted by Gasteiger charge is -2.08. The first-order chi connectivity index (χ1) is 9.64. The third-order valence-corrected chi connectivity index (χ3v) is 3.49. The van der Waals surface area contributed by atoms with Crippen molar-refractivity contribution < 1.29 is 14.0 Å². The van der Waals surface area contributed by atoms with Gasteiger partial charge in [-0.3, -0.25) is 0 Å². The topological polar surface area (TPSA) is 83.4 Å². The summed E-state index contributed by atoms with van der Waals surface area (Å²) in [5.41, 5.74) is 6.66. The lowest BCUT2D eigenvalue weighted by atomic mass is 10.1. The Bertz CT molecular complexity index is 626. The fourth-order valence-corrected chi connectivity index (χ4v) is 2.05. The normalized spacial score (nSPS) is 15.2. The Morgan fingerprint density at radius 2 is 1.95 bits per heavy atom. The average molecular weight is 312 g/mol. The molecule has 1 fully saturated rings. The summed E-state index contributed by atoms with van der Waals surface area (Å²) < 4.78 is 15.7. The van der Waals surface area contributed by atoms with Crippen molar-refractivity contribution in [2.45, 2.75) is 24.8 Å². The predicted octanol–water partition coefficient (Wildman–Crippen LogP) is 2.05. The van der Waals surface area contributed by atoms with Crippen molar-refractivity contribution in [2.75, 3.05) is 14.2 Å². The maximum atomic E-state index is 6.03. The number of methoxy groups -OCH3 is 2. The van der Waals surface area contributed by atoms with Gasteiger partial charge in [0.2, 0.25) is 5.89 Å². The van der Waals surface area contributed by atoms with E-state index in [1.165, 1.54) is 0 Å². The van der Waals surface area contributed by atoms with E-state index in [4.69, 9.17) is 19.7 Å². The lowest BCUT2D eigenvalue weighted by Crippen LogP contribution is -2.19. The van der Waals surface area contributed by atoms with Crippen LogP contribution >= 0.6 is 12.4 Å². The molecule has 1 aliphatic carbocycles. The van der Waals surface area contributed by atoms with Crippen LogP contribution in [0.15, 0.2) is 22.7 Å². The fourth-order valence-electron chi connectivity index (χ4n) is 2.05. The van der Waals surface area contributed by atoms with Crippen LogP contribution in [0.4, 0.5) is 0 Å². The Balaban J connectivity index is 0.00000161. The van der Waals surface area contributed by atoms with Crippen LogP contribution in [0.3, 0.4) is 0 Å². The molecule has 3 rings (SSSR count). The zero-order chi connectivity index (χ0) is 14.2. The maximum Gasteiger partial charge on any atom is 0.246 e. The van der Waals surface area contributed by atoms with Crippen molar-refractivity contribution >= 4 is 12.4 Å². The van der Waals surface area contributed by atoms with Gasteiger partial charge in [-0.05, 0) is 30.5 Å². The molecule has 114 valence electrons. The van der Waals surface area contributed by atoms with Crippen LogP contribution in [0.2, 0.25) is 0 Å². The molecular weight excluding hydrogens is 294 g/mol. The molecule has 0 radical (unpaired) electrons. The molecule has 0 amide bonds. The summed E-state index contributed by atoms with van der Waals surface area (Å²) in [6.45, 7) is 0. The standard InChI is InChI=1S/C14H17N3O3.ClH/c1-18-10-4-3-9(7-11(10)19-2)8-12-16-13(20-17-12)14(15)5-6-14;/h3-4,7H,5-6,8,15H2,1-2H3;1H. The summed E-state index contributed by atoms with van der Waals surface area (Å²) in [6, 6.07) is 5.72. The SMILES string of the molecule is COc1ccc(Cc2noc(C3(N)CC3)n2)cc1OC.Cl. The van der Waals surface area contributed by atoms with Crippen molar-refractivity contribution in [1.82, 2.24) is 10.1 Å². The maximum absolute atomic E-state index is 6.03. The molecule has 0 bridgehead atoms. The predicted molar refractivity (Wildman–Crippen MR) is 79.0 cm³/mol. The Hall–Kier alpha value is -1.79. The van der Waals surface area contributed by atoms with Crippen molar-refractivity contribution in [3.8, 4) is 11.5 Å². The average Bonchev–Trinajstić information content (AvgIpc) is 3.03. The van der Waals surface area contributed by atoms with Gasteiger partial charge in [-0.2, -0.15) is 4.98 Å². The van der Waals surface area contributed by atoms with Crippen molar-refractivity contribution in [2.24, 2.45) is 5.73 Å². The number of ether oxygens (including phenoxy) is 2. The smallest absolute Gasteiger partial charge is 0.246 e. The van der Waals surface area contributed by atoms with Gasteiger partial charge in [-0.15, -0.1) is 12.4 Å². The Morgan fingerprint density at radius 1 is 1.24 bits per heavy atom. The van der Waals surface area contributed by atoms with Gasteiger partial charge in [0, 0.05) is 6.42 Å². The zero-order valence-corrected chi connectivity index (χ0v) is 12.8. The molecular formula is C14H18ClN3O3. The number of nitrogens with two attached hydrogens (primary N) is 1. The third kappa shape index (κ3) is 3.11. The molecule has 0 spiro atoms. The number of halogens is 1. The second kappa shape index (κ2) is 5.91. The number of hydrogen-bond donors (Lipinski definition) is 1. The summed E-state index contributed by atoms with van der Waals surface area (Å²) in [7, 11) is 3.22. The molecule has 1 aromatic heterocycles. The zero-order valence-electron chi connectivity index (χ0n) is 12.0. The Kier molecular flexibility index (Phi) is 4.39. The van der Waals surface area contributed by atoms with Gasteiger partial charge < -0.3 is 19.7 Å². The quantitative estimate of drug-likeness (QED) is 0.910. The van der Waals surface area contributed by atoms with Crippen LogP contribution in [0.5, 0.6) is 11.5 Å². The minimum atomic E-state index is -0.386. The molecule has 0 saturated heterocycles. The molecule has 21 heavy (non-hydrogen) atoms. The second-order valence-electron chi connectivity index (χ2n) is 5.04. The van der Waals surface area contributed by atoms with E-state index in [1.807, 2.05) is 18.2 Å². The molecule has 1 aromatic carbocycles. The molecule has 1 aliphatic rings. The van der Waals surface area contributed by atoms with Crippen LogP contribution in [0.25, 0.3) is 0 Å². The fraction of sp³-hybridized carbons (Fsp3) is 0.429. The number of rotatable bonds is 5. The summed E-state index contributed by atoms with van der Waals surface area (Å²) >= 11 is 0. The number of hydrogen-bond acceptors (Lipinski definition) is 6. The molecule has 0 aliphatic heterocycles. The second-order valence-corrected chi connectivity index (χ2v) is 5.04. The molecule has 0 unspecified atom stereocenters. The van der Waals surface area contributed by atoms with Gasteiger partial charge in [-0.25, -0.2) is 0 Å². The molecule has 7 heteroatoms. The minimum Gasteiger partial charge on any atom is -0.493 e. The molecule has 2 aromatic rings. The highest BCUT2D eigenvalue weighted by Gasteiger charge is 2.45. The van der Waals surface area contributed by atoms with Gasteiger partial charge in [0.25, 0.3) is 0 Å². The Labute approximate surface area is 129 Å². The van der Waals surface area contributed by atoms with E-state index < -0.39 is 0 Å². The molecule has 0 atom stereocenters. The van der Waals surface area contributed by atoms with Gasteiger partial charge in [0.1, 0.15) is 0 Å². The van der Waals surface area contributed by atoms with E-state index in [1.54, 1.807) is 14.2 Å². The molecule has 1 heterocycles. The van der Waals surface area contributed by atoms with Gasteiger partial charge in [-0.1, -0.05) is 11.2 Å². The third-order valence-electron chi connectivity index (χ3n) is 3.49. The highest BCUT2D eigenvalue weighted by molar-refractivity contribution is 5.85. The van der Waals surface area contributed by atoms with Crippen molar-refractivity contribution in [3.63, 3.8) is 0 Å². The molecule has 6 nitrogen and oxygen atoms in total. The first-order valence-electron chi connectivity index (χ1n) is 6.47. The van der Waals surface area contributed by atoms with E-state index >= 15 is 0 Å². The lowest BCUT2D eigenvalue weighted by molar-refractivity contribution is 0.344. The molecule has 2 N–H and O–H groups in total. The van der Waals surface area contributed by atoms with E-state index in [2.05, 4.69) is 10.1 Å². The van der Waals surface area contributed by atoms with Crippen LogP contribution in [-0.2, 0) is 12.0 Å². The van der Waals surface area contributed by atoms with Crippen LogP contribution in [0.1, 0.15) is 30.1 Å². The van der Waals surface area contributed by atoms with E-state index in [9.17, 15) is 0 Å². The molecule has 1 saturated carbocycles. The summed E-state index contributed by atoms with van der Waals surface area (Å²) in [4.78, 5) is 4.36. The van der Waals surface area contributed by atoms with Crippen molar-refractivity contribution in [3.05, 3.63) is 35.5 Å². The summed E-state index contributed by atoms with van der Waals surface area (Å²) in [5.74, 6) is 2.55. The van der Waals surface area contributed by atoms with Crippen molar-refractivity contribution in [1.29, 1.82) is 0 Å². The van der Waals surface area contributed by atoms with Gasteiger partial charge in [0.15, 0.2) is 17.3 Å². The van der Waals surface area contributed by atoms with Crippen LogP contribution in [-0.4, -0.2) is 24.4 Å². The number of benzene rings is 1. The van der Waals surface area contributed by atoms with Crippen LogP contribution < -0.4 is 15.2 Å². The highest BCUT2D eigenvalue weighted by atomic mass is 35.5. The largest absolute Gasteiger partial charge is 0.493 e. The first kappa shape index (κ1) is 15.6. The summed E-state index contributed by atoms with van der Waals surface area (Å²) in [6.07, 6.45) is 2.38. The number of nitrogens with zero attached hydrogens (tertiary/aromatic N) is 2. The number of aromatic nitrogens is 2. The Morgan fingerprint density at radius 3 is 2.57 bits per heavy atom. The van der Waals surface area contributed by atoms with Gasteiger partial charge in [0.05, 0.1) is 19.8 Å². The van der Waals surface area contributed by atoms with E-state index in [-0.39, 0.29) is 17.9 Å². The first-order valence-corrected chi connectivity index (χ1v) is 6.47. The van der Waals surface area contributed by atoms with Crippen LogP contribution in [0, 0.1) is 0 Å². The minimum absolute atomic E-state index is 0. The highest BCUT2D eigenvalue weighted by Crippen LogP contribution is 2.41. The summed E-state index contributed by atoms with van der Waals surface area (Å²) in [5, 5.41) is 3.98. The monoisotopic (exact) mass is 311 g/mol.